The predicted octanol–water partition coefficient (Wildman–Crippen LogP) is 5.40. The van der Waals surface area contributed by atoms with Crippen molar-refractivity contribution in [3.05, 3.63) is 59.2 Å². The summed E-state index contributed by atoms with van der Waals surface area (Å²) in [5, 5.41) is 13.1. The largest absolute Gasteiger partial charge is 0.497 e. The van der Waals surface area contributed by atoms with Gasteiger partial charge in [-0.2, -0.15) is 0 Å². The lowest BCUT2D eigenvalue weighted by molar-refractivity contribution is -0.145. The van der Waals surface area contributed by atoms with E-state index in [1.807, 2.05) is 0 Å². The Bertz CT molecular complexity index is 1150. The molecule has 1 saturated carbocycles. The van der Waals surface area contributed by atoms with Gasteiger partial charge in [-0.3, -0.25) is 4.79 Å². The number of benzene rings is 2. The predicted molar refractivity (Wildman–Crippen MR) is 147 cm³/mol. The van der Waals surface area contributed by atoms with Crippen molar-refractivity contribution in [3.63, 3.8) is 0 Å². The van der Waals surface area contributed by atoms with Gasteiger partial charge in [-0.05, 0) is 69.4 Å². The Kier molecular flexibility index (Phi) is 10.2. The molecule has 9 heteroatoms. The van der Waals surface area contributed by atoms with Crippen LogP contribution in [0, 0.1) is 5.92 Å². The summed E-state index contributed by atoms with van der Waals surface area (Å²) in [6.45, 7) is 5.56. The standard InChI is InChI=1S/C30H40N2O7/c1-30(2,3)39-29(36)31-18-20-10-9-13-22(16-20)27(33)32(26(28(34)35)21-11-7-6-8-12-21)19-23-14-15-24(37-4)17-25(23)38-5/h9-10,13-17,21,26H,6-8,11-12,18-19H2,1-5H3,(H,31,36)(H,34,35). The number of hydrogen-bond acceptors (Lipinski definition) is 6. The highest BCUT2D eigenvalue weighted by Gasteiger charge is 2.38. The number of hydrogen-bond donors (Lipinski definition) is 2. The molecule has 2 aromatic rings. The molecule has 1 aliphatic rings. The molecule has 212 valence electrons. The molecule has 0 spiro atoms. The van der Waals surface area contributed by atoms with E-state index in [9.17, 15) is 19.5 Å². The van der Waals surface area contributed by atoms with Crippen LogP contribution in [0.15, 0.2) is 42.5 Å². The third-order valence-corrected chi connectivity index (χ3v) is 6.79. The van der Waals surface area contributed by atoms with Crippen molar-refractivity contribution in [3.8, 4) is 11.5 Å². The first kappa shape index (κ1) is 29.8. The summed E-state index contributed by atoms with van der Waals surface area (Å²) in [5.74, 6) is -0.465. The van der Waals surface area contributed by atoms with Gasteiger partial charge in [-0.1, -0.05) is 31.4 Å². The first-order valence-electron chi connectivity index (χ1n) is 13.3. The smallest absolute Gasteiger partial charge is 0.407 e. The third-order valence-electron chi connectivity index (χ3n) is 6.79. The Balaban J connectivity index is 1.93. The van der Waals surface area contributed by atoms with Gasteiger partial charge in [-0.15, -0.1) is 0 Å². The topological polar surface area (TPSA) is 114 Å². The van der Waals surface area contributed by atoms with Crippen LogP contribution >= 0.6 is 0 Å². The minimum Gasteiger partial charge on any atom is -0.497 e. The van der Waals surface area contributed by atoms with Crippen LogP contribution in [0.25, 0.3) is 0 Å². The Hall–Kier alpha value is -3.75. The van der Waals surface area contributed by atoms with E-state index in [4.69, 9.17) is 14.2 Å². The highest BCUT2D eigenvalue weighted by atomic mass is 16.6. The van der Waals surface area contributed by atoms with Crippen LogP contribution in [0.3, 0.4) is 0 Å². The van der Waals surface area contributed by atoms with Crippen LogP contribution in [-0.2, 0) is 22.6 Å². The van der Waals surface area contributed by atoms with Crippen molar-refractivity contribution >= 4 is 18.0 Å². The van der Waals surface area contributed by atoms with Gasteiger partial charge in [0.1, 0.15) is 23.1 Å². The van der Waals surface area contributed by atoms with Crippen LogP contribution in [-0.4, -0.2) is 53.8 Å². The highest BCUT2D eigenvalue weighted by molar-refractivity contribution is 5.97. The van der Waals surface area contributed by atoms with Gasteiger partial charge >= 0.3 is 12.1 Å². The Morgan fingerprint density at radius 3 is 2.36 bits per heavy atom. The molecule has 0 aromatic heterocycles. The summed E-state index contributed by atoms with van der Waals surface area (Å²) >= 11 is 0. The van der Waals surface area contributed by atoms with E-state index in [1.165, 1.54) is 12.0 Å². The minimum absolute atomic E-state index is 0.0554. The number of carboxylic acids is 1. The van der Waals surface area contributed by atoms with E-state index < -0.39 is 29.6 Å². The van der Waals surface area contributed by atoms with Crippen molar-refractivity contribution < 1.29 is 33.7 Å². The molecule has 2 N–H and O–H groups in total. The van der Waals surface area contributed by atoms with E-state index in [0.717, 1.165) is 32.1 Å². The number of aliphatic carboxylic acids is 1. The molecule has 2 aromatic carbocycles. The molecule has 0 heterocycles. The number of methoxy groups -OCH3 is 2. The van der Waals surface area contributed by atoms with Gasteiger partial charge in [-0.25, -0.2) is 9.59 Å². The van der Waals surface area contributed by atoms with E-state index in [2.05, 4.69) is 5.32 Å². The highest BCUT2D eigenvalue weighted by Crippen LogP contribution is 2.33. The Labute approximate surface area is 230 Å². The van der Waals surface area contributed by atoms with Crippen molar-refractivity contribution in [2.75, 3.05) is 14.2 Å². The Morgan fingerprint density at radius 1 is 1.03 bits per heavy atom. The monoisotopic (exact) mass is 540 g/mol. The van der Waals surface area contributed by atoms with Crippen LogP contribution in [0.4, 0.5) is 4.79 Å². The maximum Gasteiger partial charge on any atom is 0.407 e. The Morgan fingerprint density at radius 2 is 1.74 bits per heavy atom. The second-order valence-corrected chi connectivity index (χ2v) is 10.8. The molecule has 0 bridgehead atoms. The van der Waals surface area contributed by atoms with Gasteiger partial charge < -0.3 is 29.5 Å². The molecular weight excluding hydrogens is 500 g/mol. The number of amides is 2. The fraction of sp³-hybridized carbons (Fsp3) is 0.500. The SMILES string of the molecule is COc1ccc(CN(C(=O)c2cccc(CNC(=O)OC(C)(C)C)c2)C(C(=O)O)C2CCCCC2)c(OC)c1. The van der Waals surface area contributed by atoms with E-state index in [-0.39, 0.29) is 19.0 Å². The van der Waals surface area contributed by atoms with E-state index >= 15 is 0 Å². The summed E-state index contributed by atoms with van der Waals surface area (Å²) in [4.78, 5) is 40.3. The van der Waals surface area contributed by atoms with Crippen molar-refractivity contribution in [2.45, 2.75) is 77.6 Å². The molecule has 1 atom stereocenters. The molecule has 39 heavy (non-hydrogen) atoms. The molecule has 1 aliphatic carbocycles. The molecule has 9 nitrogen and oxygen atoms in total. The summed E-state index contributed by atoms with van der Waals surface area (Å²) < 4.78 is 16.1. The molecule has 1 fully saturated rings. The number of nitrogens with zero attached hydrogens (tertiary/aromatic N) is 1. The van der Waals surface area contributed by atoms with Gasteiger partial charge in [0.25, 0.3) is 5.91 Å². The molecule has 2 amide bonds. The maximum atomic E-state index is 14.0. The lowest BCUT2D eigenvalue weighted by atomic mass is 9.82. The van der Waals surface area contributed by atoms with Crippen molar-refractivity contribution in [2.24, 2.45) is 5.92 Å². The van der Waals surface area contributed by atoms with Crippen LogP contribution in [0.2, 0.25) is 0 Å². The van der Waals surface area contributed by atoms with E-state index in [0.29, 0.717) is 28.2 Å². The average molecular weight is 541 g/mol. The normalized spacial score (nSPS) is 14.7. The lowest BCUT2D eigenvalue weighted by Crippen LogP contribution is -2.49. The van der Waals surface area contributed by atoms with Crippen LogP contribution in [0.1, 0.15) is 74.4 Å². The molecule has 0 radical (unpaired) electrons. The fourth-order valence-corrected chi connectivity index (χ4v) is 4.97. The number of nitrogens with one attached hydrogen (secondary N) is 1. The first-order valence-corrected chi connectivity index (χ1v) is 13.3. The lowest BCUT2D eigenvalue weighted by Gasteiger charge is -2.36. The number of ether oxygens (including phenoxy) is 3. The number of carbonyl (C=O) groups is 3. The molecular formula is C30H40N2O7. The van der Waals surface area contributed by atoms with Crippen molar-refractivity contribution in [1.82, 2.24) is 10.2 Å². The number of carboxylic acid groups (broad SMARTS) is 1. The van der Waals surface area contributed by atoms with Crippen LogP contribution in [0.5, 0.6) is 11.5 Å². The van der Waals surface area contributed by atoms with Gasteiger partial charge in [0.15, 0.2) is 0 Å². The minimum atomic E-state index is -1.02. The molecule has 0 aliphatic heterocycles. The summed E-state index contributed by atoms with van der Waals surface area (Å²) in [6.07, 6.45) is 3.88. The first-order chi connectivity index (χ1) is 18.5. The number of rotatable bonds is 10. The number of alkyl carbamates (subject to hydrolysis) is 1. The van der Waals surface area contributed by atoms with Gasteiger partial charge in [0.2, 0.25) is 0 Å². The zero-order valence-electron chi connectivity index (χ0n) is 23.5. The fourth-order valence-electron chi connectivity index (χ4n) is 4.97. The molecule has 3 rings (SSSR count). The summed E-state index contributed by atoms with van der Waals surface area (Å²) in [6, 6.07) is 11.1. The zero-order valence-corrected chi connectivity index (χ0v) is 23.5. The van der Waals surface area contributed by atoms with Crippen LogP contribution < -0.4 is 14.8 Å². The third kappa shape index (κ3) is 8.37. The van der Waals surface area contributed by atoms with E-state index in [1.54, 1.807) is 70.3 Å². The molecule has 0 saturated heterocycles. The second kappa shape index (κ2) is 13.4. The average Bonchev–Trinajstić information content (AvgIpc) is 2.91. The summed E-state index contributed by atoms with van der Waals surface area (Å²) in [7, 11) is 3.08. The second-order valence-electron chi connectivity index (χ2n) is 10.8. The quantitative estimate of drug-likeness (QED) is 0.414. The van der Waals surface area contributed by atoms with Gasteiger partial charge in [0, 0.05) is 23.7 Å². The number of carbonyl (C=O) groups excluding carboxylic acids is 2. The summed E-state index contributed by atoms with van der Waals surface area (Å²) in [5.41, 5.74) is 1.08. The van der Waals surface area contributed by atoms with Gasteiger partial charge in [0.05, 0.1) is 20.8 Å². The molecule has 1 unspecified atom stereocenters. The zero-order chi connectivity index (χ0) is 28.6. The van der Waals surface area contributed by atoms with Crippen molar-refractivity contribution in [1.29, 1.82) is 0 Å². The maximum absolute atomic E-state index is 14.0.